The Labute approximate surface area is 81.1 Å². The lowest BCUT2D eigenvalue weighted by Crippen LogP contribution is -2.24. The molecular formula is C8H12O6. The average Bonchev–Trinajstić information content (AvgIpc) is 2.15. The first-order valence-electron chi connectivity index (χ1n) is 4.11. The third-order valence-electron chi connectivity index (χ3n) is 1.07. The predicted octanol–water partition coefficient (Wildman–Crippen LogP) is -0.344. The number of esters is 3. The molecule has 14 heavy (non-hydrogen) atoms. The molecule has 0 radical (unpaired) electrons. The molecule has 80 valence electrons. The zero-order valence-electron chi connectivity index (χ0n) is 8.07. The molecule has 0 aliphatic heterocycles. The summed E-state index contributed by atoms with van der Waals surface area (Å²) in [4.78, 5) is 32.1. The fourth-order valence-electron chi connectivity index (χ4n) is 0.576. The summed E-state index contributed by atoms with van der Waals surface area (Å²) < 4.78 is 13.1. The van der Waals surface area contributed by atoms with E-state index in [-0.39, 0.29) is 13.2 Å². The van der Waals surface area contributed by atoms with Crippen molar-refractivity contribution in [2.45, 2.75) is 13.8 Å². The number of rotatable bonds is 4. The third kappa shape index (κ3) is 5.13. The minimum Gasteiger partial charge on any atom is -0.463 e. The minimum absolute atomic E-state index is 0.0767. The summed E-state index contributed by atoms with van der Waals surface area (Å²) in [5, 5.41) is 0. The Morgan fingerprint density at radius 1 is 0.857 bits per heavy atom. The van der Waals surface area contributed by atoms with E-state index in [1.807, 2.05) is 0 Å². The number of hydrogen-bond acceptors (Lipinski definition) is 6. The van der Waals surface area contributed by atoms with Crippen molar-refractivity contribution < 1.29 is 28.6 Å². The molecule has 0 fully saturated rings. The Morgan fingerprint density at radius 2 is 1.36 bits per heavy atom. The minimum atomic E-state index is -1.19. The Bertz CT molecular complexity index is 222. The lowest BCUT2D eigenvalue weighted by Gasteiger charge is -2.03. The van der Waals surface area contributed by atoms with E-state index in [2.05, 4.69) is 14.2 Å². The fraction of sp³-hybridized carbons (Fsp3) is 0.625. The van der Waals surface area contributed by atoms with Crippen molar-refractivity contribution in [2.24, 2.45) is 0 Å². The van der Waals surface area contributed by atoms with Gasteiger partial charge in [-0.25, -0.2) is 14.4 Å². The highest BCUT2D eigenvalue weighted by molar-refractivity contribution is 6.29. The SMILES string of the molecule is CCOC(=O)COC(=O)C(=O)OCC. The molecule has 0 aromatic rings. The lowest BCUT2D eigenvalue weighted by atomic mass is 10.6. The van der Waals surface area contributed by atoms with Crippen molar-refractivity contribution in [3.05, 3.63) is 0 Å². The van der Waals surface area contributed by atoms with Crippen LogP contribution in [0.5, 0.6) is 0 Å². The van der Waals surface area contributed by atoms with Crippen LogP contribution in [0.1, 0.15) is 13.8 Å². The molecule has 0 aromatic heterocycles. The largest absolute Gasteiger partial charge is 0.463 e. The van der Waals surface area contributed by atoms with Gasteiger partial charge in [0.15, 0.2) is 6.61 Å². The summed E-state index contributed by atoms with van der Waals surface area (Å²) in [7, 11) is 0. The van der Waals surface area contributed by atoms with Crippen LogP contribution in [0.15, 0.2) is 0 Å². The standard InChI is InChI=1S/C8H12O6/c1-3-12-6(9)5-14-8(11)7(10)13-4-2/h3-5H2,1-2H3. The van der Waals surface area contributed by atoms with E-state index >= 15 is 0 Å². The van der Waals surface area contributed by atoms with Gasteiger partial charge in [0, 0.05) is 0 Å². The van der Waals surface area contributed by atoms with Gasteiger partial charge < -0.3 is 14.2 Å². The second-order valence-corrected chi connectivity index (χ2v) is 2.10. The van der Waals surface area contributed by atoms with E-state index in [0.29, 0.717) is 0 Å². The summed E-state index contributed by atoms with van der Waals surface area (Å²) in [5.41, 5.74) is 0. The maximum atomic E-state index is 10.7. The Balaban J connectivity index is 3.73. The molecule has 0 amide bonds. The molecule has 0 N–H and O–H groups in total. The smallest absolute Gasteiger partial charge is 0.418 e. The van der Waals surface area contributed by atoms with Crippen molar-refractivity contribution >= 4 is 17.9 Å². The van der Waals surface area contributed by atoms with Gasteiger partial charge in [-0.1, -0.05) is 0 Å². The summed E-state index contributed by atoms with van der Waals surface area (Å²) in [6.45, 7) is 2.86. The highest BCUT2D eigenvalue weighted by Gasteiger charge is 2.18. The molecule has 0 heterocycles. The quantitative estimate of drug-likeness (QED) is 0.354. The highest BCUT2D eigenvalue weighted by atomic mass is 16.6. The van der Waals surface area contributed by atoms with Crippen molar-refractivity contribution in [3.8, 4) is 0 Å². The molecule has 0 rings (SSSR count). The van der Waals surface area contributed by atoms with Gasteiger partial charge in [-0.3, -0.25) is 0 Å². The molecule has 0 spiro atoms. The van der Waals surface area contributed by atoms with Crippen LogP contribution in [0.3, 0.4) is 0 Å². The van der Waals surface area contributed by atoms with E-state index < -0.39 is 24.5 Å². The zero-order chi connectivity index (χ0) is 11.0. The van der Waals surface area contributed by atoms with Crippen molar-refractivity contribution in [1.29, 1.82) is 0 Å². The summed E-state index contributed by atoms with van der Waals surface area (Å²) in [5.74, 6) is -3.01. The van der Waals surface area contributed by atoms with Crippen molar-refractivity contribution in [3.63, 3.8) is 0 Å². The molecule has 0 bridgehead atoms. The third-order valence-corrected chi connectivity index (χ3v) is 1.07. The lowest BCUT2D eigenvalue weighted by molar-refractivity contribution is -0.171. The zero-order valence-corrected chi connectivity index (χ0v) is 8.07. The molecule has 6 heteroatoms. The van der Waals surface area contributed by atoms with E-state index in [4.69, 9.17) is 0 Å². The molecular weight excluding hydrogens is 192 g/mol. The topological polar surface area (TPSA) is 78.9 Å². The van der Waals surface area contributed by atoms with Gasteiger partial charge in [0.1, 0.15) is 0 Å². The first-order chi connectivity index (χ1) is 6.61. The summed E-state index contributed by atoms with van der Waals surface area (Å²) in [6, 6.07) is 0. The Kier molecular flexibility index (Phi) is 6.09. The van der Waals surface area contributed by atoms with Gasteiger partial charge in [-0.15, -0.1) is 0 Å². The number of carbonyl (C=O) groups is 3. The Hall–Kier alpha value is -1.59. The van der Waals surface area contributed by atoms with E-state index in [0.717, 1.165) is 0 Å². The second-order valence-electron chi connectivity index (χ2n) is 2.10. The molecule has 0 saturated carbocycles. The van der Waals surface area contributed by atoms with Gasteiger partial charge in [-0.2, -0.15) is 0 Å². The summed E-state index contributed by atoms with van der Waals surface area (Å²) >= 11 is 0. The predicted molar refractivity (Wildman–Crippen MR) is 44.2 cm³/mol. The van der Waals surface area contributed by atoms with Crippen molar-refractivity contribution in [2.75, 3.05) is 19.8 Å². The van der Waals surface area contributed by atoms with E-state index in [1.54, 1.807) is 13.8 Å². The maximum Gasteiger partial charge on any atom is 0.418 e. The van der Waals surface area contributed by atoms with E-state index in [1.165, 1.54) is 0 Å². The van der Waals surface area contributed by atoms with Crippen LogP contribution in [-0.4, -0.2) is 37.7 Å². The normalized spacial score (nSPS) is 9.00. The highest BCUT2D eigenvalue weighted by Crippen LogP contribution is 1.86. The van der Waals surface area contributed by atoms with Crippen LogP contribution in [0.4, 0.5) is 0 Å². The van der Waals surface area contributed by atoms with Gasteiger partial charge in [0.05, 0.1) is 13.2 Å². The number of ether oxygens (including phenoxy) is 3. The average molecular weight is 204 g/mol. The molecule has 6 nitrogen and oxygen atoms in total. The maximum absolute atomic E-state index is 10.7. The Morgan fingerprint density at radius 3 is 1.86 bits per heavy atom. The van der Waals surface area contributed by atoms with Crippen LogP contribution in [0.2, 0.25) is 0 Å². The molecule has 0 atom stereocenters. The molecule has 0 aliphatic carbocycles. The fourth-order valence-corrected chi connectivity index (χ4v) is 0.576. The number of carbonyl (C=O) groups excluding carboxylic acids is 3. The van der Waals surface area contributed by atoms with Crippen LogP contribution in [-0.2, 0) is 28.6 Å². The summed E-state index contributed by atoms with van der Waals surface area (Å²) in [6.07, 6.45) is 0. The molecule has 0 saturated heterocycles. The first kappa shape index (κ1) is 12.4. The van der Waals surface area contributed by atoms with Crippen LogP contribution >= 0.6 is 0 Å². The van der Waals surface area contributed by atoms with Gasteiger partial charge in [0.25, 0.3) is 0 Å². The van der Waals surface area contributed by atoms with Crippen LogP contribution in [0, 0.1) is 0 Å². The molecule has 0 unspecified atom stereocenters. The second kappa shape index (κ2) is 6.88. The van der Waals surface area contributed by atoms with E-state index in [9.17, 15) is 14.4 Å². The van der Waals surface area contributed by atoms with Gasteiger partial charge >= 0.3 is 17.9 Å². The molecule has 0 aliphatic rings. The first-order valence-corrected chi connectivity index (χ1v) is 4.11. The van der Waals surface area contributed by atoms with Crippen LogP contribution in [0.25, 0.3) is 0 Å². The number of hydrogen-bond donors (Lipinski definition) is 0. The molecule has 0 aromatic carbocycles. The van der Waals surface area contributed by atoms with Gasteiger partial charge in [0.2, 0.25) is 0 Å². The van der Waals surface area contributed by atoms with Gasteiger partial charge in [-0.05, 0) is 13.8 Å². The van der Waals surface area contributed by atoms with Crippen LogP contribution < -0.4 is 0 Å². The van der Waals surface area contributed by atoms with Crippen molar-refractivity contribution in [1.82, 2.24) is 0 Å². The monoisotopic (exact) mass is 204 g/mol.